The summed E-state index contributed by atoms with van der Waals surface area (Å²) in [4.78, 5) is 16.1. The van der Waals surface area contributed by atoms with Gasteiger partial charge in [0.15, 0.2) is 0 Å². The third-order valence-electron chi connectivity index (χ3n) is 4.96. The molecule has 1 aromatic heterocycles. The largest absolute Gasteiger partial charge is 0.401 e. The number of nitrogens with zero attached hydrogens (tertiary/aromatic N) is 4. The van der Waals surface area contributed by atoms with Gasteiger partial charge in [0.1, 0.15) is 0 Å². The Hall–Kier alpha value is -1.57. The van der Waals surface area contributed by atoms with Gasteiger partial charge in [0.2, 0.25) is 5.91 Å². The van der Waals surface area contributed by atoms with E-state index >= 15 is 0 Å². The smallest absolute Gasteiger partial charge is 0.338 e. The predicted molar refractivity (Wildman–Crippen MR) is 82.2 cm³/mol. The van der Waals surface area contributed by atoms with E-state index in [0.717, 1.165) is 19.4 Å². The van der Waals surface area contributed by atoms with E-state index < -0.39 is 12.7 Å². The number of likely N-dealkylation sites (tertiary alicyclic amines) is 2. The molecule has 0 unspecified atom stereocenters. The molecule has 1 amide bonds. The topological polar surface area (TPSA) is 41.4 Å². The van der Waals surface area contributed by atoms with Crippen molar-refractivity contribution >= 4 is 5.91 Å². The summed E-state index contributed by atoms with van der Waals surface area (Å²) in [5.41, 5.74) is 0. The van der Waals surface area contributed by atoms with Crippen molar-refractivity contribution in [3.8, 4) is 0 Å². The second kappa shape index (κ2) is 7.13. The second-order valence-corrected chi connectivity index (χ2v) is 6.72. The molecule has 2 aliphatic rings. The molecule has 0 aliphatic carbocycles. The molecule has 1 aromatic rings. The Balaban J connectivity index is 1.53. The van der Waals surface area contributed by atoms with Gasteiger partial charge in [0.05, 0.1) is 19.1 Å². The summed E-state index contributed by atoms with van der Waals surface area (Å²) in [6, 6.07) is 2.00. The van der Waals surface area contributed by atoms with E-state index in [1.165, 1.54) is 4.90 Å². The predicted octanol–water partition coefficient (Wildman–Crippen LogP) is 2.15. The van der Waals surface area contributed by atoms with Crippen molar-refractivity contribution < 1.29 is 18.0 Å². The van der Waals surface area contributed by atoms with E-state index in [1.807, 2.05) is 21.8 Å². The van der Waals surface area contributed by atoms with Crippen LogP contribution in [0.15, 0.2) is 18.5 Å². The molecule has 3 rings (SSSR count). The molecule has 0 aromatic carbocycles. The van der Waals surface area contributed by atoms with Crippen molar-refractivity contribution in [2.75, 3.05) is 26.2 Å². The van der Waals surface area contributed by atoms with E-state index in [1.54, 1.807) is 6.20 Å². The highest BCUT2D eigenvalue weighted by Crippen LogP contribution is 2.27. The van der Waals surface area contributed by atoms with Crippen molar-refractivity contribution in [1.29, 1.82) is 0 Å². The Morgan fingerprint density at radius 1 is 1.17 bits per heavy atom. The van der Waals surface area contributed by atoms with Gasteiger partial charge >= 0.3 is 6.18 Å². The molecule has 3 heterocycles. The fourth-order valence-electron chi connectivity index (χ4n) is 3.77. The lowest BCUT2D eigenvalue weighted by molar-refractivity contribution is -0.151. The van der Waals surface area contributed by atoms with E-state index in [4.69, 9.17) is 0 Å². The number of hydrogen-bond acceptors (Lipinski definition) is 3. The first kappa shape index (κ1) is 17.3. The number of carbonyl (C=O) groups excluding carboxylic acids is 1. The van der Waals surface area contributed by atoms with Gasteiger partial charge < -0.3 is 4.90 Å². The van der Waals surface area contributed by atoms with Gasteiger partial charge in [-0.15, -0.1) is 0 Å². The fourth-order valence-corrected chi connectivity index (χ4v) is 3.77. The number of carbonyl (C=O) groups is 1. The van der Waals surface area contributed by atoms with Crippen LogP contribution in [0.1, 0.15) is 25.7 Å². The van der Waals surface area contributed by atoms with Gasteiger partial charge in [0.25, 0.3) is 0 Å². The molecule has 0 N–H and O–H groups in total. The minimum atomic E-state index is -4.17. The molecule has 1 atom stereocenters. The maximum Gasteiger partial charge on any atom is 0.401 e. The van der Waals surface area contributed by atoms with E-state index in [-0.39, 0.29) is 17.9 Å². The molecule has 0 spiro atoms. The quantitative estimate of drug-likeness (QED) is 0.840. The van der Waals surface area contributed by atoms with Gasteiger partial charge in [-0.3, -0.25) is 14.4 Å². The summed E-state index contributed by atoms with van der Waals surface area (Å²) in [6.45, 7) is 1.24. The Bertz CT molecular complexity index is 538. The van der Waals surface area contributed by atoms with Gasteiger partial charge in [-0.05, 0) is 44.8 Å². The van der Waals surface area contributed by atoms with Gasteiger partial charge in [-0.2, -0.15) is 18.3 Å². The third kappa shape index (κ3) is 4.28. The lowest BCUT2D eigenvalue weighted by Gasteiger charge is -2.35. The standard InChI is InChI=1S/C16H23F3N4O/c17-16(18,19)12-21-9-4-13(5-10-21)15(24)23-8-1-3-14(23)11-22-7-2-6-20-22/h2,6-7,13-14H,1,3-5,8-12H2/t14-/m1/s1. The van der Waals surface area contributed by atoms with Gasteiger partial charge in [-0.1, -0.05) is 0 Å². The minimum absolute atomic E-state index is 0.108. The molecular formula is C16H23F3N4O. The highest BCUT2D eigenvalue weighted by atomic mass is 19.4. The Kier molecular flexibility index (Phi) is 5.12. The Morgan fingerprint density at radius 3 is 2.54 bits per heavy atom. The molecule has 24 heavy (non-hydrogen) atoms. The van der Waals surface area contributed by atoms with Gasteiger partial charge in [-0.25, -0.2) is 0 Å². The number of amides is 1. The van der Waals surface area contributed by atoms with Crippen molar-refractivity contribution in [2.45, 2.75) is 44.4 Å². The molecule has 8 heteroatoms. The summed E-state index contributed by atoms with van der Waals surface area (Å²) in [6.07, 6.45) is 2.40. The van der Waals surface area contributed by atoms with Crippen LogP contribution in [-0.2, 0) is 11.3 Å². The van der Waals surface area contributed by atoms with Crippen molar-refractivity contribution in [3.05, 3.63) is 18.5 Å². The molecule has 134 valence electrons. The molecule has 5 nitrogen and oxygen atoms in total. The van der Waals surface area contributed by atoms with Gasteiger partial charge in [0, 0.05) is 24.9 Å². The summed E-state index contributed by atoms with van der Waals surface area (Å²) in [5, 5.41) is 4.20. The summed E-state index contributed by atoms with van der Waals surface area (Å²) < 4.78 is 39.2. The Labute approximate surface area is 139 Å². The zero-order valence-corrected chi connectivity index (χ0v) is 13.6. The third-order valence-corrected chi connectivity index (χ3v) is 4.96. The van der Waals surface area contributed by atoms with E-state index in [0.29, 0.717) is 32.5 Å². The zero-order valence-electron chi connectivity index (χ0n) is 13.6. The second-order valence-electron chi connectivity index (χ2n) is 6.72. The molecule has 2 fully saturated rings. The number of piperidine rings is 1. The SMILES string of the molecule is O=C(C1CCN(CC(F)(F)F)CC1)N1CCC[C@@H]1Cn1cccn1. The van der Waals surface area contributed by atoms with Crippen LogP contribution in [-0.4, -0.2) is 63.9 Å². The summed E-state index contributed by atoms with van der Waals surface area (Å²) >= 11 is 0. The molecule has 2 saturated heterocycles. The van der Waals surface area contributed by atoms with E-state index in [2.05, 4.69) is 5.10 Å². The monoisotopic (exact) mass is 344 g/mol. The highest BCUT2D eigenvalue weighted by Gasteiger charge is 2.37. The maximum atomic E-state index is 12.8. The lowest BCUT2D eigenvalue weighted by atomic mass is 9.95. The van der Waals surface area contributed by atoms with E-state index in [9.17, 15) is 18.0 Å². The van der Waals surface area contributed by atoms with Crippen LogP contribution >= 0.6 is 0 Å². The molecule has 0 saturated carbocycles. The first-order chi connectivity index (χ1) is 11.4. The number of halogens is 3. The normalized spacial score (nSPS) is 23.8. The summed E-state index contributed by atoms with van der Waals surface area (Å²) in [5.74, 6) is -0.0379. The molecule has 0 radical (unpaired) electrons. The minimum Gasteiger partial charge on any atom is -0.338 e. The fraction of sp³-hybridized carbons (Fsp3) is 0.750. The van der Waals surface area contributed by atoms with Crippen molar-refractivity contribution in [2.24, 2.45) is 5.92 Å². The van der Waals surface area contributed by atoms with Crippen LogP contribution in [0.4, 0.5) is 13.2 Å². The number of aromatic nitrogens is 2. The van der Waals surface area contributed by atoms with Crippen LogP contribution in [0.5, 0.6) is 0 Å². The first-order valence-electron chi connectivity index (χ1n) is 8.49. The van der Waals surface area contributed by atoms with Crippen molar-refractivity contribution in [3.63, 3.8) is 0 Å². The zero-order chi connectivity index (χ0) is 17.2. The maximum absolute atomic E-state index is 12.8. The molecular weight excluding hydrogens is 321 g/mol. The number of rotatable bonds is 4. The average molecular weight is 344 g/mol. The number of alkyl halides is 3. The Morgan fingerprint density at radius 2 is 1.92 bits per heavy atom. The molecule has 0 bridgehead atoms. The van der Waals surface area contributed by atoms with Crippen LogP contribution in [0.3, 0.4) is 0 Å². The summed E-state index contributed by atoms with van der Waals surface area (Å²) in [7, 11) is 0. The van der Waals surface area contributed by atoms with Crippen LogP contribution in [0.2, 0.25) is 0 Å². The number of hydrogen-bond donors (Lipinski definition) is 0. The molecule has 2 aliphatic heterocycles. The lowest BCUT2D eigenvalue weighted by Crippen LogP contribution is -2.46. The van der Waals surface area contributed by atoms with Crippen LogP contribution in [0, 0.1) is 5.92 Å². The van der Waals surface area contributed by atoms with Crippen molar-refractivity contribution in [1.82, 2.24) is 19.6 Å². The first-order valence-corrected chi connectivity index (χ1v) is 8.49. The average Bonchev–Trinajstić information content (AvgIpc) is 3.18. The van der Waals surface area contributed by atoms with Crippen LogP contribution < -0.4 is 0 Å². The van der Waals surface area contributed by atoms with Crippen LogP contribution in [0.25, 0.3) is 0 Å². The highest BCUT2D eigenvalue weighted by molar-refractivity contribution is 5.79.